The van der Waals surface area contributed by atoms with Crippen LogP contribution in [0, 0.1) is 5.92 Å². The van der Waals surface area contributed by atoms with Gasteiger partial charge in [-0.2, -0.15) is 0 Å². The summed E-state index contributed by atoms with van der Waals surface area (Å²) >= 11 is 1.31. The zero-order chi connectivity index (χ0) is 18.4. The predicted molar refractivity (Wildman–Crippen MR) is 104 cm³/mol. The maximum Gasteiger partial charge on any atom is 0.262 e. The molecule has 1 amide bonds. The summed E-state index contributed by atoms with van der Waals surface area (Å²) in [6, 6.07) is 7.33. The maximum absolute atomic E-state index is 12.9. The van der Waals surface area contributed by atoms with Crippen LogP contribution in [0.3, 0.4) is 0 Å². The number of aromatic nitrogens is 2. The lowest BCUT2D eigenvalue weighted by Gasteiger charge is -2.16. The van der Waals surface area contributed by atoms with Gasteiger partial charge in [-0.3, -0.25) is 14.2 Å². The highest BCUT2D eigenvalue weighted by molar-refractivity contribution is 8.00. The van der Waals surface area contributed by atoms with E-state index in [9.17, 15) is 9.59 Å². The molecule has 0 saturated carbocycles. The van der Waals surface area contributed by atoms with E-state index in [1.54, 1.807) is 16.7 Å². The first-order valence-electron chi connectivity index (χ1n) is 8.49. The topological polar surface area (TPSA) is 64.0 Å². The van der Waals surface area contributed by atoms with Crippen LogP contribution >= 0.6 is 11.8 Å². The first-order chi connectivity index (χ1) is 11.9. The van der Waals surface area contributed by atoms with Crippen LogP contribution in [-0.4, -0.2) is 27.3 Å². The lowest BCUT2D eigenvalue weighted by molar-refractivity contribution is -0.120. The van der Waals surface area contributed by atoms with Crippen LogP contribution in [-0.2, 0) is 11.3 Å². The second kappa shape index (κ2) is 8.85. The van der Waals surface area contributed by atoms with Gasteiger partial charge in [0.25, 0.3) is 5.56 Å². The third-order valence-electron chi connectivity index (χ3n) is 3.83. The number of thioether (sulfide) groups is 1. The van der Waals surface area contributed by atoms with Crippen LogP contribution in [0.4, 0.5) is 0 Å². The van der Waals surface area contributed by atoms with Crippen molar-refractivity contribution in [2.75, 3.05) is 6.54 Å². The predicted octanol–water partition coefficient (Wildman–Crippen LogP) is 3.23. The number of hydrogen-bond donors (Lipinski definition) is 1. The molecule has 1 atom stereocenters. The fourth-order valence-corrected chi connectivity index (χ4v) is 3.31. The summed E-state index contributed by atoms with van der Waals surface area (Å²) in [6.07, 6.45) is 2.52. The Balaban J connectivity index is 2.38. The Kier molecular flexibility index (Phi) is 6.82. The minimum Gasteiger partial charge on any atom is -0.352 e. The fourth-order valence-electron chi connectivity index (χ4n) is 2.35. The van der Waals surface area contributed by atoms with E-state index in [4.69, 9.17) is 0 Å². The second-order valence-electron chi connectivity index (χ2n) is 6.34. The quantitative estimate of drug-likeness (QED) is 0.446. The SMILES string of the molecule is C=CCNC(=O)[C@H](C)Sc1nc2ccccc2c(=O)n1CCC(C)C. The van der Waals surface area contributed by atoms with Gasteiger partial charge in [0.05, 0.1) is 16.2 Å². The molecule has 134 valence electrons. The Labute approximate surface area is 152 Å². The van der Waals surface area contributed by atoms with Crippen molar-refractivity contribution in [3.63, 3.8) is 0 Å². The van der Waals surface area contributed by atoms with E-state index in [1.165, 1.54) is 11.8 Å². The second-order valence-corrected chi connectivity index (χ2v) is 7.65. The number of rotatable bonds is 8. The molecule has 2 aromatic rings. The first kappa shape index (κ1) is 19.2. The molecular formula is C19H25N3O2S. The molecule has 0 spiro atoms. The molecule has 6 heteroatoms. The van der Waals surface area contributed by atoms with Gasteiger partial charge in [-0.25, -0.2) is 4.98 Å². The van der Waals surface area contributed by atoms with Crippen LogP contribution in [0.1, 0.15) is 27.2 Å². The van der Waals surface area contributed by atoms with Gasteiger partial charge in [-0.15, -0.1) is 6.58 Å². The average molecular weight is 359 g/mol. The highest BCUT2D eigenvalue weighted by Gasteiger charge is 2.19. The van der Waals surface area contributed by atoms with Crippen LogP contribution in [0.5, 0.6) is 0 Å². The highest BCUT2D eigenvalue weighted by atomic mass is 32.2. The van der Waals surface area contributed by atoms with Crippen LogP contribution in [0.15, 0.2) is 46.9 Å². The van der Waals surface area contributed by atoms with Gasteiger partial charge in [0.2, 0.25) is 5.91 Å². The molecule has 0 aliphatic rings. The number of fused-ring (bicyclic) bond motifs is 1. The van der Waals surface area contributed by atoms with E-state index >= 15 is 0 Å². The zero-order valence-corrected chi connectivity index (χ0v) is 15.8. The van der Waals surface area contributed by atoms with E-state index in [0.717, 1.165) is 6.42 Å². The number of hydrogen-bond acceptors (Lipinski definition) is 4. The molecule has 0 saturated heterocycles. The lowest BCUT2D eigenvalue weighted by Crippen LogP contribution is -2.32. The van der Waals surface area contributed by atoms with Gasteiger partial charge in [0.15, 0.2) is 5.16 Å². The zero-order valence-electron chi connectivity index (χ0n) is 15.0. The van der Waals surface area contributed by atoms with E-state index in [2.05, 4.69) is 30.7 Å². The lowest BCUT2D eigenvalue weighted by atomic mass is 10.1. The van der Waals surface area contributed by atoms with Gasteiger partial charge >= 0.3 is 0 Å². The van der Waals surface area contributed by atoms with Crippen LogP contribution in [0.25, 0.3) is 10.9 Å². The van der Waals surface area contributed by atoms with Gasteiger partial charge < -0.3 is 5.32 Å². The molecule has 1 aromatic heterocycles. The molecule has 0 aliphatic heterocycles. The molecule has 0 aliphatic carbocycles. The summed E-state index contributed by atoms with van der Waals surface area (Å²) in [5.74, 6) is 0.382. The highest BCUT2D eigenvalue weighted by Crippen LogP contribution is 2.23. The van der Waals surface area contributed by atoms with Crippen molar-refractivity contribution in [1.82, 2.24) is 14.9 Å². The van der Waals surface area contributed by atoms with E-state index < -0.39 is 0 Å². The van der Waals surface area contributed by atoms with Gasteiger partial charge in [0, 0.05) is 13.1 Å². The number of benzene rings is 1. The molecule has 2 rings (SSSR count). The third kappa shape index (κ3) is 4.95. The number of carbonyl (C=O) groups excluding carboxylic acids is 1. The molecule has 5 nitrogen and oxygen atoms in total. The van der Waals surface area contributed by atoms with Crippen molar-refractivity contribution in [1.29, 1.82) is 0 Å². The minimum absolute atomic E-state index is 0.0487. The minimum atomic E-state index is -0.349. The summed E-state index contributed by atoms with van der Waals surface area (Å²) in [4.78, 5) is 29.7. The van der Waals surface area contributed by atoms with Crippen molar-refractivity contribution in [3.8, 4) is 0 Å². The van der Waals surface area contributed by atoms with Crippen molar-refractivity contribution < 1.29 is 4.79 Å². The Hall–Kier alpha value is -2.08. The molecule has 1 aromatic carbocycles. The Morgan fingerprint density at radius 3 is 2.76 bits per heavy atom. The van der Waals surface area contributed by atoms with Gasteiger partial charge in [-0.1, -0.05) is 43.8 Å². The summed E-state index contributed by atoms with van der Waals surface area (Å²) in [7, 11) is 0. The molecule has 0 unspecified atom stereocenters. The monoisotopic (exact) mass is 359 g/mol. The molecule has 0 radical (unpaired) electrons. The van der Waals surface area contributed by atoms with Crippen LogP contribution < -0.4 is 10.9 Å². The van der Waals surface area contributed by atoms with Gasteiger partial charge in [-0.05, 0) is 31.4 Å². The molecule has 0 bridgehead atoms. The Bertz CT molecular complexity index is 814. The fraction of sp³-hybridized carbons (Fsp3) is 0.421. The number of amides is 1. The van der Waals surface area contributed by atoms with E-state index in [-0.39, 0.29) is 16.7 Å². The maximum atomic E-state index is 12.9. The summed E-state index contributed by atoms with van der Waals surface area (Å²) in [5, 5.41) is 3.63. The summed E-state index contributed by atoms with van der Waals surface area (Å²) in [6.45, 7) is 10.7. The van der Waals surface area contributed by atoms with Crippen LogP contribution in [0.2, 0.25) is 0 Å². The normalized spacial score (nSPS) is 12.3. The van der Waals surface area contributed by atoms with Gasteiger partial charge in [0.1, 0.15) is 0 Å². The number of nitrogens with one attached hydrogen (secondary N) is 1. The van der Waals surface area contributed by atoms with Crippen molar-refractivity contribution in [3.05, 3.63) is 47.3 Å². The summed E-state index contributed by atoms with van der Waals surface area (Å²) < 4.78 is 1.70. The molecule has 25 heavy (non-hydrogen) atoms. The molecular weight excluding hydrogens is 334 g/mol. The van der Waals surface area contributed by atoms with E-state index in [0.29, 0.717) is 35.1 Å². The summed E-state index contributed by atoms with van der Waals surface area (Å²) in [5.41, 5.74) is 0.613. The number of para-hydroxylation sites is 1. The number of carbonyl (C=O) groups is 1. The first-order valence-corrected chi connectivity index (χ1v) is 9.36. The number of nitrogens with zero attached hydrogens (tertiary/aromatic N) is 2. The Morgan fingerprint density at radius 1 is 1.36 bits per heavy atom. The van der Waals surface area contributed by atoms with Crippen molar-refractivity contribution >= 4 is 28.6 Å². The molecule has 1 heterocycles. The van der Waals surface area contributed by atoms with Crippen molar-refractivity contribution in [2.24, 2.45) is 5.92 Å². The van der Waals surface area contributed by atoms with E-state index in [1.807, 2.05) is 25.1 Å². The smallest absolute Gasteiger partial charge is 0.262 e. The average Bonchev–Trinajstić information content (AvgIpc) is 2.59. The molecule has 0 fully saturated rings. The largest absolute Gasteiger partial charge is 0.352 e. The van der Waals surface area contributed by atoms with Crippen molar-refractivity contribution in [2.45, 2.75) is 44.1 Å². The Morgan fingerprint density at radius 2 is 2.08 bits per heavy atom. The standard InChI is InChI=1S/C19H25N3O2S/c1-5-11-20-17(23)14(4)25-19-21-16-9-7-6-8-15(16)18(24)22(19)12-10-13(2)3/h5-9,13-14H,1,10-12H2,2-4H3,(H,20,23)/t14-/m0/s1. The molecule has 1 N–H and O–H groups in total. The third-order valence-corrected chi connectivity index (χ3v) is 4.92.